The number of piperazine rings is 1. The number of fused-ring (bicyclic) bond motifs is 1. The number of aliphatic hydroxyl groups excluding tert-OH is 1. The van der Waals surface area contributed by atoms with Crippen molar-refractivity contribution in [2.24, 2.45) is 7.05 Å². The van der Waals surface area contributed by atoms with E-state index < -0.39 is 16.1 Å². The van der Waals surface area contributed by atoms with Gasteiger partial charge in [0.05, 0.1) is 17.3 Å². The molecule has 1 aliphatic rings. The van der Waals surface area contributed by atoms with E-state index in [-0.39, 0.29) is 6.61 Å². The van der Waals surface area contributed by atoms with Crippen LogP contribution in [-0.4, -0.2) is 79.7 Å². The van der Waals surface area contributed by atoms with Gasteiger partial charge in [-0.1, -0.05) is 12.1 Å². The molecule has 1 aromatic heterocycles. The van der Waals surface area contributed by atoms with Crippen molar-refractivity contribution >= 4 is 32.7 Å². The van der Waals surface area contributed by atoms with Gasteiger partial charge in [-0.15, -0.1) is 0 Å². The van der Waals surface area contributed by atoms with E-state index in [4.69, 9.17) is 9.72 Å². The van der Waals surface area contributed by atoms with Gasteiger partial charge in [-0.25, -0.2) is 13.4 Å². The second-order valence-electron chi connectivity index (χ2n) is 8.11. The minimum Gasteiger partial charge on any atom is -0.491 e. The van der Waals surface area contributed by atoms with Gasteiger partial charge in [0.15, 0.2) is 0 Å². The lowest BCUT2D eigenvalue weighted by Crippen LogP contribution is -2.49. The van der Waals surface area contributed by atoms with Crippen LogP contribution in [0, 0.1) is 0 Å². The molecule has 1 aliphatic heterocycles. The molecule has 2 aromatic carbocycles. The van der Waals surface area contributed by atoms with Crippen molar-refractivity contribution in [3.05, 3.63) is 48.5 Å². The molecule has 0 aliphatic carbocycles. The molecule has 3 aromatic rings. The predicted molar refractivity (Wildman–Crippen MR) is 126 cm³/mol. The quantitative estimate of drug-likeness (QED) is 0.527. The number of rotatable bonds is 8. The van der Waals surface area contributed by atoms with Gasteiger partial charge >= 0.3 is 0 Å². The highest BCUT2D eigenvalue weighted by molar-refractivity contribution is 7.92. The van der Waals surface area contributed by atoms with E-state index >= 15 is 0 Å². The fourth-order valence-corrected chi connectivity index (χ4v) is 4.49. The molecule has 1 unspecified atom stereocenters. The first-order chi connectivity index (χ1) is 15.3. The molecule has 0 saturated carbocycles. The van der Waals surface area contributed by atoms with E-state index in [0.717, 1.165) is 49.4 Å². The van der Waals surface area contributed by atoms with Crippen molar-refractivity contribution in [3.8, 4) is 5.75 Å². The summed E-state index contributed by atoms with van der Waals surface area (Å²) in [5, 5.41) is 10.4. The van der Waals surface area contributed by atoms with Crippen LogP contribution >= 0.6 is 0 Å². The molecule has 0 spiro atoms. The first-order valence-electron chi connectivity index (χ1n) is 10.6. The summed E-state index contributed by atoms with van der Waals surface area (Å²) in [4.78, 5) is 9.29. The third-order valence-corrected chi connectivity index (χ3v) is 6.09. The van der Waals surface area contributed by atoms with Crippen molar-refractivity contribution in [3.63, 3.8) is 0 Å². The molecule has 32 heavy (non-hydrogen) atoms. The number of benzene rings is 2. The molecule has 1 saturated heterocycles. The highest BCUT2D eigenvalue weighted by Crippen LogP contribution is 2.22. The minimum atomic E-state index is -3.31. The van der Waals surface area contributed by atoms with E-state index in [1.165, 1.54) is 0 Å². The van der Waals surface area contributed by atoms with Crippen molar-refractivity contribution in [1.29, 1.82) is 0 Å². The normalized spacial score (nSPS) is 16.3. The number of hydrogen-bond donors (Lipinski definition) is 2. The van der Waals surface area contributed by atoms with Gasteiger partial charge in [-0.05, 0) is 36.4 Å². The lowest BCUT2D eigenvalue weighted by atomic mass is 10.2. The van der Waals surface area contributed by atoms with Crippen LogP contribution in [-0.2, 0) is 17.1 Å². The molecule has 10 heteroatoms. The molecule has 172 valence electrons. The number of aromatic nitrogens is 2. The summed E-state index contributed by atoms with van der Waals surface area (Å²) in [7, 11) is -1.26. The average Bonchev–Trinajstić information content (AvgIpc) is 3.09. The van der Waals surface area contributed by atoms with E-state index in [0.29, 0.717) is 18.0 Å². The Labute approximate surface area is 188 Å². The van der Waals surface area contributed by atoms with Gasteiger partial charge in [0, 0.05) is 45.5 Å². The zero-order chi connectivity index (χ0) is 22.7. The van der Waals surface area contributed by atoms with Gasteiger partial charge in [0.1, 0.15) is 18.5 Å². The molecule has 0 amide bonds. The monoisotopic (exact) mass is 459 g/mol. The number of nitrogens with zero attached hydrogens (tertiary/aromatic N) is 4. The van der Waals surface area contributed by atoms with Gasteiger partial charge in [0.2, 0.25) is 16.0 Å². The van der Waals surface area contributed by atoms with Crippen LogP contribution in [0.2, 0.25) is 0 Å². The number of aliphatic hydroxyl groups is 1. The summed E-state index contributed by atoms with van der Waals surface area (Å²) >= 11 is 0. The highest BCUT2D eigenvalue weighted by Gasteiger charge is 2.22. The molecule has 1 atom stereocenters. The Morgan fingerprint density at radius 2 is 1.78 bits per heavy atom. The summed E-state index contributed by atoms with van der Waals surface area (Å²) in [6.45, 7) is 4.07. The first-order valence-corrected chi connectivity index (χ1v) is 12.4. The Bertz CT molecular complexity index is 1150. The van der Waals surface area contributed by atoms with Gasteiger partial charge in [-0.2, -0.15) is 0 Å². The maximum absolute atomic E-state index is 11.3. The van der Waals surface area contributed by atoms with Gasteiger partial charge in [0.25, 0.3) is 0 Å². The molecule has 0 bridgehead atoms. The number of para-hydroxylation sites is 2. The second-order valence-corrected chi connectivity index (χ2v) is 9.86. The standard InChI is InChI=1S/C22H29N5O4S/c1-25-21-6-4-3-5-20(21)23-22(25)27-13-11-26(12-14-27)15-18(28)16-31-19-9-7-17(8-10-19)24-32(2,29)30/h3-10,18,24,28H,11-16H2,1-2H3. The predicted octanol–water partition coefficient (Wildman–Crippen LogP) is 1.51. The molecule has 1 fully saturated rings. The zero-order valence-corrected chi connectivity index (χ0v) is 19.1. The Balaban J connectivity index is 1.24. The fourth-order valence-electron chi connectivity index (χ4n) is 3.92. The lowest BCUT2D eigenvalue weighted by molar-refractivity contribution is 0.0662. The molecule has 2 heterocycles. The maximum Gasteiger partial charge on any atom is 0.229 e. The van der Waals surface area contributed by atoms with E-state index in [2.05, 4.69) is 25.2 Å². The van der Waals surface area contributed by atoms with Crippen molar-refractivity contribution in [1.82, 2.24) is 14.5 Å². The maximum atomic E-state index is 11.3. The smallest absolute Gasteiger partial charge is 0.229 e. The van der Waals surface area contributed by atoms with E-state index in [9.17, 15) is 13.5 Å². The van der Waals surface area contributed by atoms with Crippen LogP contribution < -0.4 is 14.4 Å². The minimum absolute atomic E-state index is 0.170. The fraction of sp³-hybridized carbons (Fsp3) is 0.409. The topological polar surface area (TPSA) is 99.9 Å². The number of imidazole rings is 1. The summed E-state index contributed by atoms with van der Waals surface area (Å²) < 4.78 is 32.7. The van der Waals surface area contributed by atoms with Crippen LogP contribution in [0.1, 0.15) is 0 Å². The zero-order valence-electron chi connectivity index (χ0n) is 18.3. The summed E-state index contributed by atoms with van der Waals surface area (Å²) in [6, 6.07) is 14.7. The Morgan fingerprint density at radius 3 is 2.44 bits per heavy atom. The van der Waals surface area contributed by atoms with Crippen LogP contribution in [0.3, 0.4) is 0 Å². The van der Waals surface area contributed by atoms with Crippen molar-refractivity contribution < 1.29 is 18.3 Å². The highest BCUT2D eigenvalue weighted by atomic mass is 32.2. The Kier molecular flexibility index (Phi) is 6.54. The van der Waals surface area contributed by atoms with Gasteiger partial charge in [-0.3, -0.25) is 9.62 Å². The largest absolute Gasteiger partial charge is 0.491 e. The average molecular weight is 460 g/mol. The second kappa shape index (κ2) is 9.35. The molecule has 4 rings (SSSR count). The van der Waals surface area contributed by atoms with Crippen LogP contribution in [0.5, 0.6) is 5.75 Å². The third kappa shape index (κ3) is 5.50. The summed E-state index contributed by atoms with van der Waals surface area (Å²) in [5.41, 5.74) is 2.59. The Hall–Kier alpha value is -2.82. The van der Waals surface area contributed by atoms with Gasteiger partial charge < -0.3 is 19.3 Å². The lowest BCUT2D eigenvalue weighted by Gasteiger charge is -2.36. The number of sulfonamides is 1. The van der Waals surface area contributed by atoms with Crippen LogP contribution in [0.15, 0.2) is 48.5 Å². The molecule has 2 N–H and O–H groups in total. The Morgan fingerprint density at radius 1 is 1.09 bits per heavy atom. The van der Waals surface area contributed by atoms with Crippen LogP contribution in [0.4, 0.5) is 11.6 Å². The van der Waals surface area contributed by atoms with Crippen molar-refractivity contribution in [2.45, 2.75) is 6.10 Å². The van der Waals surface area contributed by atoms with Crippen LogP contribution in [0.25, 0.3) is 11.0 Å². The van der Waals surface area contributed by atoms with E-state index in [1.807, 2.05) is 25.2 Å². The molecular weight excluding hydrogens is 430 g/mol. The first kappa shape index (κ1) is 22.4. The number of hydrogen-bond acceptors (Lipinski definition) is 7. The molecule has 0 radical (unpaired) electrons. The van der Waals surface area contributed by atoms with E-state index in [1.54, 1.807) is 24.3 Å². The van der Waals surface area contributed by atoms with Crippen molar-refractivity contribution in [2.75, 3.05) is 55.2 Å². The summed E-state index contributed by atoms with van der Waals surface area (Å²) in [5.74, 6) is 1.55. The number of anilines is 2. The third-order valence-electron chi connectivity index (χ3n) is 5.49. The summed E-state index contributed by atoms with van der Waals surface area (Å²) in [6.07, 6.45) is 0.484. The molecular formula is C22H29N5O4S. The number of ether oxygens (including phenoxy) is 1. The number of nitrogens with one attached hydrogen (secondary N) is 1. The number of aryl methyl sites for hydroxylation is 1. The molecule has 9 nitrogen and oxygen atoms in total. The number of β-amino-alcohol motifs (C(OH)–C–C–N with tert-alkyl or cyclic N) is 1. The SMILES string of the molecule is Cn1c(N2CCN(CC(O)COc3ccc(NS(C)(=O)=O)cc3)CC2)nc2ccccc21.